The number of sulfonamides is 1. The zero-order valence-corrected chi connectivity index (χ0v) is 13.7. The van der Waals surface area contributed by atoms with E-state index in [0.29, 0.717) is 5.69 Å². The van der Waals surface area contributed by atoms with Crippen LogP contribution in [0.2, 0.25) is 0 Å². The molecule has 1 aliphatic rings. The number of hydrogen-bond donors (Lipinski definition) is 2. The third kappa shape index (κ3) is 5.23. The van der Waals surface area contributed by atoms with Crippen LogP contribution in [0.15, 0.2) is 24.3 Å². The Kier molecular flexibility index (Phi) is 5.51. The average Bonchev–Trinajstić information content (AvgIpc) is 2.46. The molecule has 0 spiro atoms. The molecule has 2 atom stereocenters. The Bertz CT molecular complexity index is 540. The maximum absolute atomic E-state index is 11.5. The number of nitrogens with one attached hydrogen (secondary N) is 2. The molecule has 21 heavy (non-hydrogen) atoms. The minimum Gasteiger partial charge on any atom is -0.385 e. The molecule has 2 rings (SSSR count). The van der Waals surface area contributed by atoms with E-state index in [4.69, 9.17) is 0 Å². The van der Waals surface area contributed by atoms with E-state index in [1.807, 2.05) is 12.1 Å². The smallest absolute Gasteiger partial charge is 0.232 e. The van der Waals surface area contributed by atoms with Crippen molar-refractivity contribution < 1.29 is 8.42 Å². The molecule has 0 radical (unpaired) electrons. The molecule has 2 N–H and O–H groups in total. The fraction of sp³-hybridized carbons (Fsp3) is 0.625. The van der Waals surface area contributed by atoms with Crippen LogP contribution in [0.5, 0.6) is 0 Å². The summed E-state index contributed by atoms with van der Waals surface area (Å²) < 4.78 is 25.5. The first-order chi connectivity index (χ1) is 9.98. The quantitative estimate of drug-likeness (QED) is 0.842. The van der Waals surface area contributed by atoms with Crippen molar-refractivity contribution in [2.24, 2.45) is 11.8 Å². The van der Waals surface area contributed by atoms with Crippen LogP contribution in [0.3, 0.4) is 0 Å². The van der Waals surface area contributed by atoms with E-state index in [2.05, 4.69) is 17.0 Å². The zero-order chi connectivity index (χ0) is 15.3. The Morgan fingerprint density at radius 1 is 1.14 bits per heavy atom. The summed E-state index contributed by atoms with van der Waals surface area (Å²) in [6, 6.07) is 7.47. The van der Waals surface area contributed by atoms with E-state index in [1.165, 1.54) is 25.7 Å². The van der Waals surface area contributed by atoms with Crippen molar-refractivity contribution in [1.82, 2.24) is 0 Å². The Morgan fingerprint density at radius 2 is 1.81 bits per heavy atom. The summed E-state index contributed by atoms with van der Waals surface area (Å²) in [4.78, 5) is 0. The third-order valence-corrected chi connectivity index (χ3v) is 5.48. The standard InChI is InChI=1S/C16H26N2O2S/c1-3-21(19,20)18-16-9-7-15(8-10-16)17-12-14-6-4-5-13(2)11-14/h7-10,13-14,17-18H,3-6,11-12H2,1-2H3. The first-order valence-electron chi connectivity index (χ1n) is 7.83. The van der Waals surface area contributed by atoms with E-state index in [-0.39, 0.29) is 5.75 Å². The summed E-state index contributed by atoms with van der Waals surface area (Å²) in [7, 11) is -3.19. The van der Waals surface area contributed by atoms with Crippen molar-refractivity contribution in [3.8, 4) is 0 Å². The second-order valence-corrected chi connectivity index (χ2v) is 8.11. The van der Waals surface area contributed by atoms with Gasteiger partial charge in [-0.2, -0.15) is 0 Å². The SMILES string of the molecule is CCS(=O)(=O)Nc1ccc(NCC2CCCC(C)C2)cc1. The maximum Gasteiger partial charge on any atom is 0.232 e. The zero-order valence-electron chi connectivity index (χ0n) is 12.9. The minimum atomic E-state index is -3.19. The minimum absolute atomic E-state index is 0.0901. The van der Waals surface area contributed by atoms with Gasteiger partial charge in [0.25, 0.3) is 0 Å². The van der Waals surface area contributed by atoms with E-state index < -0.39 is 10.0 Å². The predicted molar refractivity (Wildman–Crippen MR) is 89.1 cm³/mol. The van der Waals surface area contributed by atoms with Crippen LogP contribution < -0.4 is 10.0 Å². The molecular weight excluding hydrogens is 284 g/mol. The fourth-order valence-electron chi connectivity index (χ4n) is 2.92. The number of rotatable bonds is 6. The van der Waals surface area contributed by atoms with Crippen LogP contribution in [-0.2, 0) is 10.0 Å². The lowest BCUT2D eigenvalue weighted by Crippen LogP contribution is -2.21. The van der Waals surface area contributed by atoms with Gasteiger partial charge in [0.15, 0.2) is 0 Å². The largest absolute Gasteiger partial charge is 0.385 e. The normalized spacial score (nSPS) is 22.8. The van der Waals surface area contributed by atoms with Gasteiger partial charge >= 0.3 is 0 Å². The molecule has 1 aliphatic carbocycles. The second-order valence-electron chi connectivity index (χ2n) is 6.10. The first kappa shape index (κ1) is 16.1. The lowest BCUT2D eigenvalue weighted by molar-refractivity contribution is 0.293. The lowest BCUT2D eigenvalue weighted by atomic mass is 9.82. The lowest BCUT2D eigenvalue weighted by Gasteiger charge is -2.27. The molecule has 0 heterocycles. The molecule has 0 saturated heterocycles. The Hall–Kier alpha value is -1.23. The van der Waals surface area contributed by atoms with Crippen molar-refractivity contribution >= 4 is 21.4 Å². The number of benzene rings is 1. The van der Waals surface area contributed by atoms with E-state index >= 15 is 0 Å². The van der Waals surface area contributed by atoms with Crippen molar-refractivity contribution in [1.29, 1.82) is 0 Å². The third-order valence-electron chi connectivity index (χ3n) is 4.18. The van der Waals surface area contributed by atoms with Gasteiger partial charge in [0.05, 0.1) is 5.75 Å². The van der Waals surface area contributed by atoms with Crippen LogP contribution >= 0.6 is 0 Å². The molecule has 4 nitrogen and oxygen atoms in total. The molecule has 0 bridgehead atoms. The number of hydrogen-bond acceptors (Lipinski definition) is 3. The summed E-state index contributed by atoms with van der Waals surface area (Å²) in [6.45, 7) is 4.97. The van der Waals surface area contributed by atoms with Gasteiger partial charge in [-0.15, -0.1) is 0 Å². The van der Waals surface area contributed by atoms with Crippen LogP contribution in [0.4, 0.5) is 11.4 Å². The van der Waals surface area contributed by atoms with Crippen LogP contribution in [0.25, 0.3) is 0 Å². The van der Waals surface area contributed by atoms with Crippen LogP contribution in [-0.4, -0.2) is 20.7 Å². The predicted octanol–water partition coefficient (Wildman–Crippen LogP) is 3.69. The van der Waals surface area contributed by atoms with Crippen molar-refractivity contribution in [3.63, 3.8) is 0 Å². The van der Waals surface area contributed by atoms with Crippen LogP contribution in [0.1, 0.15) is 39.5 Å². The molecular formula is C16H26N2O2S. The van der Waals surface area contributed by atoms with Gasteiger partial charge in [0.2, 0.25) is 10.0 Å². The van der Waals surface area contributed by atoms with Gasteiger partial charge in [-0.25, -0.2) is 8.42 Å². The molecule has 1 aromatic rings. The van der Waals surface area contributed by atoms with Gasteiger partial charge in [-0.05, 0) is 55.9 Å². The van der Waals surface area contributed by atoms with Gasteiger partial charge in [-0.3, -0.25) is 4.72 Å². The molecule has 0 aromatic heterocycles. The summed E-state index contributed by atoms with van der Waals surface area (Å²) in [5, 5.41) is 3.46. The van der Waals surface area contributed by atoms with Crippen molar-refractivity contribution in [2.45, 2.75) is 39.5 Å². The molecule has 118 valence electrons. The van der Waals surface area contributed by atoms with Gasteiger partial charge in [0.1, 0.15) is 0 Å². The summed E-state index contributed by atoms with van der Waals surface area (Å²) in [5.74, 6) is 1.69. The van der Waals surface area contributed by atoms with E-state index in [0.717, 1.165) is 24.1 Å². The molecule has 0 aliphatic heterocycles. The summed E-state index contributed by atoms with van der Waals surface area (Å²) in [6.07, 6.45) is 5.32. The molecule has 0 amide bonds. The highest BCUT2D eigenvalue weighted by Gasteiger charge is 2.18. The van der Waals surface area contributed by atoms with E-state index in [1.54, 1.807) is 19.1 Å². The Labute approximate surface area is 128 Å². The van der Waals surface area contributed by atoms with Crippen molar-refractivity contribution in [2.75, 3.05) is 22.3 Å². The molecule has 1 fully saturated rings. The Morgan fingerprint density at radius 3 is 2.43 bits per heavy atom. The number of anilines is 2. The Balaban J connectivity index is 1.85. The maximum atomic E-state index is 11.5. The molecule has 1 aromatic carbocycles. The molecule has 2 unspecified atom stereocenters. The summed E-state index contributed by atoms with van der Waals surface area (Å²) in [5.41, 5.74) is 1.67. The average molecular weight is 310 g/mol. The second kappa shape index (κ2) is 7.16. The van der Waals surface area contributed by atoms with E-state index in [9.17, 15) is 8.42 Å². The van der Waals surface area contributed by atoms with Gasteiger partial charge in [0, 0.05) is 17.9 Å². The summed E-state index contributed by atoms with van der Waals surface area (Å²) >= 11 is 0. The topological polar surface area (TPSA) is 58.2 Å². The monoisotopic (exact) mass is 310 g/mol. The van der Waals surface area contributed by atoms with Gasteiger partial charge in [-0.1, -0.05) is 19.8 Å². The highest BCUT2D eigenvalue weighted by Crippen LogP contribution is 2.28. The first-order valence-corrected chi connectivity index (χ1v) is 9.48. The molecule has 1 saturated carbocycles. The van der Waals surface area contributed by atoms with Crippen molar-refractivity contribution in [3.05, 3.63) is 24.3 Å². The van der Waals surface area contributed by atoms with Gasteiger partial charge < -0.3 is 5.32 Å². The molecule has 5 heteroatoms. The fourth-order valence-corrected chi connectivity index (χ4v) is 3.55. The highest BCUT2D eigenvalue weighted by molar-refractivity contribution is 7.92. The highest BCUT2D eigenvalue weighted by atomic mass is 32.2. The van der Waals surface area contributed by atoms with Crippen LogP contribution in [0, 0.1) is 11.8 Å².